The fourth-order valence-electron chi connectivity index (χ4n) is 3.49. The molecule has 0 aliphatic rings. The largest absolute Gasteiger partial charge is 0.503 e. The first-order valence-corrected chi connectivity index (χ1v) is 11.5. The van der Waals surface area contributed by atoms with Crippen molar-refractivity contribution in [3.05, 3.63) is 99.0 Å². The number of aliphatic hydroxyl groups excluding tert-OH is 1. The number of aromatic nitrogens is 1. The van der Waals surface area contributed by atoms with Gasteiger partial charge in [-0.1, -0.05) is 59.6 Å². The molecule has 0 fully saturated rings. The van der Waals surface area contributed by atoms with Crippen molar-refractivity contribution in [1.82, 2.24) is 4.98 Å². The van der Waals surface area contributed by atoms with Crippen LogP contribution in [0.5, 0.6) is 0 Å². The molecule has 0 bridgehead atoms. The predicted octanol–water partition coefficient (Wildman–Crippen LogP) is 8.48. The molecule has 160 valence electrons. The number of furan rings is 1. The van der Waals surface area contributed by atoms with Gasteiger partial charge in [-0.25, -0.2) is 4.98 Å². The second-order valence-corrected chi connectivity index (χ2v) is 8.93. The number of hydrogen-bond donors (Lipinski definition) is 1. The summed E-state index contributed by atoms with van der Waals surface area (Å²) in [4.78, 5) is 4.59. The van der Waals surface area contributed by atoms with Crippen LogP contribution < -0.4 is 0 Å². The quantitative estimate of drug-likeness (QED) is 0.203. The number of rotatable bonds is 4. The van der Waals surface area contributed by atoms with Gasteiger partial charge in [0.1, 0.15) is 22.4 Å². The summed E-state index contributed by atoms with van der Waals surface area (Å²) in [6.45, 7) is 0. The zero-order chi connectivity index (χ0) is 22.9. The SMILES string of the molecule is N#C/C(=C(/O)c1ccc(-c2ccc(Cl)cc2Cl)o1)c1nc(-c2ccc3ccccc3c2)cs1. The maximum absolute atomic E-state index is 10.8. The molecular weight excluding hydrogens is 475 g/mol. The molecular formula is C26H14Cl2N2O2S. The van der Waals surface area contributed by atoms with Crippen molar-refractivity contribution in [3.8, 4) is 28.7 Å². The van der Waals surface area contributed by atoms with Crippen molar-refractivity contribution in [2.75, 3.05) is 0 Å². The summed E-state index contributed by atoms with van der Waals surface area (Å²) >= 11 is 13.5. The highest BCUT2D eigenvalue weighted by Crippen LogP contribution is 2.35. The lowest BCUT2D eigenvalue weighted by atomic mass is 10.1. The number of halogens is 2. The Hall–Kier alpha value is -3.56. The number of thiazole rings is 1. The molecule has 0 radical (unpaired) electrons. The van der Waals surface area contributed by atoms with Gasteiger partial charge in [-0.05, 0) is 47.2 Å². The Balaban J connectivity index is 1.50. The molecule has 0 unspecified atom stereocenters. The van der Waals surface area contributed by atoms with Gasteiger partial charge in [0.05, 0.1) is 10.7 Å². The molecule has 4 nitrogen and oxygen atoms in total. The Morgan fingerprint density at radius 1 is 0.970 bits per heavy atom. The highest BCUT2D eigenvalue weighted by molar-refractivity contribution is 7.11. The van der Waals surface area contributed by atoms with E-state index in [0.29, 0.717) is 26.4 Å². The van der Waals surface area contributed by atoms with E-state index in [2.05, 4.69) is 23.2 Å². The van der Waals surface area contributed by atoms with E-state index in [4.69, 9.17) is 27.6 Å². The third kappa shape index (κ3) is 4.12. The third-order valence-electron chi connectivity index (χ3n) is 5.15. The minimum Gasteiger partial charge on any atom is -0.503 e. The Kier molecular flexibility index (Phi) is 5.65. The van der Waals surface area contributed by atoms with E-state index in [1.807, 2.05) is 35.7 Å². The second kappa shape index (κ2) is 8.76. The van der Waals surface area contributed by atoms with Gasteiger partial charge in [0, 0.05) is 21.5 Å². The summed E-state index contributed by atoms with van der Waals surface area (Å²) in [5.41, 5.74) is 2.33. The van der Waals surface area contributed by atoms with E-state index in [1.165, 1.54) is 11.3 Å². The van der Waals surface area contributed by atoms with Gasteiger partial charge in [-0.15, -0.1) is 11.3 Å². The summed E-state index contributed by atoms with van der Waals surface area (Å²) in [7, 11) is 0. The topological polar surface area (TPSA) is 70.0 Å². The molecule has 0 saturated carbocycles. The predicted molar refractivity (Wildman–Crippen MR) is 134 cm³/mol. The van der Waals surface area contributed by atoms with Crippen molar-refractivity contribution >= 4 is 56.6 Å². The van der Waals surface area contributed by atoms with E-state index in [0.717, 1.165) is 22.0 Å². The monoisotopic (exact) mass is 488 g/mol. The summed E-state index contributed by atoms with van der Waals surface area (Å²) < 4.78 is 5.79. The minimum atomic E-state index is -0.284. The fraction of sp³-hybridized carbons (Fsp3) is 0. The number of benzene rings is 3. The highest BCUT2D eigenvalue weighted by atomic mass is 35.5. The first-order valence-electron chi connectivity index (χ1n) is 9.87. The van der Waals surface area contributed by atoms with Crippen LogP contribution in [0.15, 0.2) is 82.6 Å². The fourth-order valence-corrected chi connectivity index (χ4v) is 4.82. The van der Waals surface area contributed by atoms with E-state index in [9.17, 15) is 10.4 Å². The normalized spacial score (nSPS) is 11.9. The molecule has 33 heavy (non-hydrogen) atoms. The maximum atomic E-state index is 10.8. The van der Waals surface area contributed by atoms with Crippen LogP contribution in [0.4, 0.5) is 0 Å². The molecule has 2 heterocycles. The number of nitrogens with zero attached hydrogens (tertiary/aromatic N) is 2. The van der Waals surface area contributed by atoms with Crippen LogP contribution in [-0.2, 0) is 0 Å². The van der Waals surface area contributed by atoms with Gasteiger partial charge >= 0.3 is 0 Å². The molecule has 0 spiro atoms. The molecule has 0 saturated heterocycles. The average Bonchev–Trinajstić information content (AvgIpc) is 3.50. The molecule has 0 aliphatic heterocycles. The molecule has 3 aromatic carbocycles. The van der Waals surface area contributed by atoms with Crippen molar-refractivity contribution < 1.29 is 9.52 Å². The first kappa shape index (κ1) is 21.3. The number of fused-ring (bicyclic) bond motifs is 1. The molecule has 7 heteroatoms. The lowest BCUT2D eigenvalue weighted by Gasteiger charge is -2.02. The summed E-state index contributed by atoms with van der Waals surface area (Å²) in [5, 5.41) is 26.0. The molecule has 5 aromatic rings. The molecule has 2 aromatic heterocycles. The van der Waals surface area contributed by atoms with E-state index in [1.54, 1.807) is 30.3 Å². The van der Waals surface area contributed by atoms with Gasteiger partial charge in [0.2, 0.25) is 0 Å². The minimum absolute atomic E-state index is 0.0372. The number of hydrogen-bond acceptors (Lipinski definition) is 5. The molecule has 0 atom stereocenters. The van der Waals surface area contributed by atoms with Crippen molar-refractivity contribution in [1.29, 1.82) is 5.26 Å². The van der Waals surface area contributed by atoms with Crippen LogP contribution in [0.3, 0.4) is 0 Å². The van der Waals surface area contributed by atoms with Gasteiger partial charge in [-0.3, -0.25) is 0 Å². The Morgan fingerprint density at radius 2 is 1.79 bits per heavy atom. The number of aliphatic hydroxyl groups is 1. The van der Waals surface area contributed by atoms with E-state index < -0.39 is 0 Å². The van der Waals surface area contributed by atoms with E-state index >= 15 is 0 Å². The summed E-state index contributed by atoms with van der Waals surface area (Å²) in [6.07, 6.45) is 0. The van der Waals surface area contributed by atoms with Gasteiger partial charge in [0.25, 0.3) is 0 Å². The number of allylic oxidation sites excluding steroid dienone is 1. The van der Waals surface area contributed by atoms with Crippen LogP contribution in [0.1, 0.15) is 10.8 Å². The summed E-state index contributed by atoms with van der Waals surface area (Å²) in [5.74, 6) is 0.315. The molecule has 0 aliphatic carbocycles. The standard InChI is InChI=1S/C26H14Cl2N2O2S/c27-18-7-8-19(21(28)12-18)23-9-10-24(32-23)25(31)20(13-29)26-30-22(14-33-26)17-6-5-15-3-1-2-4-16(15)11-17/h1-12,14,31H/b25-20-. The van der Waals surface area contributed by atoms with Gasteiger partial charge in [0.15, 0.2) is 11.5 Å². The highest BCUT2D eigenvalue weighted by Gasteiger charge is 2.19. The van der Waals surface area contributed by atoms with Crippen LogP contribution in [0.2, 0.25) is 10.0 Å². The van der Waals surface area contributed by atoms with Crippen LogP contribution in [0, 0.1) is 11.3 Å². The van der Waals surface area contributed by atoms with Crippen LogP contribution in [0.25, 0.3) is 44.7 Å². The molecule has 1 N–H and O–H groups in total. The van der Waals surface area contributed by atoms with Gasteiger partial charge < -0.3 is 9.52 Å². The Labute approximate surface area is 203 Å². The lowest BCUT2D eigenvalue weighted by Crippen LogP contribution is -1.89. The number of nitriles is 1. The van der Waals surface area contributed by atoms with Crippen molar-refractivity contribution in [2.24, 2.45) is 0 Å². The van der Waals surface area contributed by atoms with E-state index in [-0.39, 0.29) is 17.1 Å². The smallest absolute Gasteiger partial charge is 0.179 e. The Bertz CT molecular complexity index is 1580. The average molecular weight is 489 g/mol. The molecule has 0 amide bonds. The summed E-state index contributed by atoms with van der Waals surface area (Å²) in [6, 6.07) is 24.5. The van der Waals surface area contributed by atoms with Crippen LogP contribution >= 0.6 is 34.5 Å². The second-order valence-electron chi connectivity index (χ2n) is 7.22. The zero-order valence-corrected chi connectivity index (χ0v) is 19.2. The van der Waals surface area contributed by atoms with Gasteiger partial charge in [-0.2, -0.15) is 5.26 Å². The zero-order valence-electron chi connectivity index (χ0n) is 16.9. The maximum Gasteiger partial charge on any atom is 0.179 e. The van der Waals surface area contributed by atoms with Crippen molar-refractivity contribution in [2.45, 2.75) is 0 Å². The van der Waals surface area contributed by atoms with Crippen molar-refractivity contribution in [3.63, 3.8) is 0 Å². The molecule has 5 rings (SSSR count). The first-order chi connectivity index (χ1) is 16.0. The third-order valence-corrected chi connectivity index (χ3v) is 6.56. The Morgan fingerprint density at radius 3 is 2.58 bits per heavy atom. The lowest BCUT2D eigenvalue weighted by molar-refractivity contribution is 0.466. The van der Waals surface area contributed by atoms with Crippen LogP contribution in [-0.4, -0.2) is 10.1 Å².